The summed E-state index contributed by atoms with van der Waals surface area (Å²) in [6.45, 7) is 18.4. The standard InChI is InChI=1S/C32H64N2O2/c1-9-11-13-15-17-19-21-23-25-29(35)33(31(3,4)5)27-28-34(32(6,7)8)30(36)26-24-22-20-18-16-14-12-10-2/h9-28H2,1-8H3. The number of hydrogen-bond acceptors (Lipinski definition) is 2. The summed E-state index contributed by atoms with van der Waals surface area (Å²) >= 11 is 0. The molecule has 0 atom stereocenters. The summed E-state index contributed by atoms with van der Waals surface area (Å²) in [7, 11) is 0. The van der Waals surface area contributed by atoms with Crippen LogP contribution in [0.5, 0.6) is 0 Å². The zero-order chi connectivity index (χ0) is 27.5. The van der Waals surface area contributed by atoms with Gasteiger partial charge in [0.05, 0.1) is 0 Å². The fourth-order valence-corrected chi connectivity index (χ4v) is 4.96. The monoisotopic (exact) mass is 508 g/mol. The molecule has 0 fully saturated rings. The fourth-order valence-electron chi connectivity index (χ4n) is 4.96. The van der Waals surface area contributed by atoms with Gasteiger partial charge in [-0.1, -0.05) is 104 Å². The highest BCUT2D eigenvalue weighted by molar-refractivity contribution is 5.78. The van der Waals surface area contributed by atoms with Crippen LogP contribution in [-0.4, -0.2) is 45.8 Å². The Morgan fingerprint density at radius 3 is 0.944 bits per heavy atom. The van der Waals surface area contributed by atoms with E-state index in [1.54, 1.807) is 0 Å². The molecule has 0 aromatic carbocycles. The highest BCUT2D eigenvalue weighted by atomic mass is 16.2. The molecule has 0 aliphatic rings. The topological polar surface area (TPSA) is 40.6 Å². The molecular formula is C32H64N2O2. The van der Waals surface area contributed by atoms with Crippen LogP contribution in [0, 0.1) is 0 Å². The maximum atomic E-state index is 13.2. The summed E-state index contributed by atoms with van der Waals surface area (Å²) in [5.74, 6) is 0.468. The highest BCUT2D eigenvalue weighted by Gasteiger charge is 2.30. The van der Waals surface area contributed by atoms with E-state index in [1.165, 1.54) is 77.0 Å². The molecule has 36 heavy (non-hydrogen) atoms. The van der Waals surface area contributed by atoms with Crippen molar-refractivity contribution in [3.8, 4) is 0 Å². The lowest BCUT2D eigenvalue weighted by Gasteiger charge is -2.41. The third-order valence-electron chi connectivity index (χ3n) is 7.26. The molecule has 0 radical (unpaired) electrons. The van der Waals surface area contributed by atoms with Crippen molar-refractivity contribution in [2.75, 3.05) is 13.1 Å². The number of hydrogen-bond donors (Lipinski definition) is 0. The van der Waals surface area contributed by atoms with E-state index in [4.69, 9.17) is 0 Å². The minimum absolute atomic E-state index is 0.234. The molecule has 0 aliphatic heterocycles. The predicted octanol–water partition coefficient (Wildman–Crippen LogP) is 9.30. The molecule has 0 saturated carbocycles. The highest BCUT2D eigenvalue weighted by Crippen LogP contribution is 2.21. The lowest BCUT2D eigenvalue weighted by atomic mass is 10.0. The molecule has 0 spiro atoms. The van der Waals surface area contributed by atoms with Gasteiger partial charge in [-0.15, -0.1) is 0 Å². The first-order chi connectivity index (χ1) is 16.9. The van der Waals surface area contributed by atoms with E-state index in [-0.39, 0.29) is 22.9 Å². The molecule has 0 aromatic rings. The Morgan fingerprint density at radius 2 is 0.694 bits per heavy atom. The van der Waals surface area contributed by atoms with Crippen LogP contribution in [0.4, 0.5) is 0 Å². The summed E-state index contributed by atoms with van der Waals surface area (Å²) in [4.78, 5) is 30.3. The van der Waals surface area contributed by atoms with E-state index in [0.29, 0.717) is 25.9 Å². The first-order valence-corrected chi connectivity index (χ1v) is 15.6. The number of carbonyl (C=O) groups is 2. The zero-order valence-corrected chi connectivity index (χ0v) is 25.9. The predicted molar refractivity (Wildman–Crippen MR) is 157 cm³/mol. The number of rotatable bonds is 21. The Balaban J connectivity index is 4.62. The van der Waals surface area contributed by atoms with Gasteiger partial charge in [-0.25, -0.2) is 0 Å². The Bertz CT molecular complexity index is 509. The molecule has 0 aliphatic carbocycles. The average Bonchev–Trinajstić information content (AvgIpc) is 2.78. The molecule has 0 bridgehead atoms. The molecule has 4 heteroatoms. The number of nitrogens with zero attached hydrogens (tertiary/aromatic N) is 2. The maximum absolute atomic E-state index is 13.2. The quantitative estimate of drug-likeness (QED) is 0.145. The van der Waals surface area contributed by atoms with Crippen LogP contribution in [0.15, 0.2) is 0 Å². The van der Waals surface area contributed by atoms with Gasteiger partial charge in [-0.05, 0) is 54.4 Å². The van der Waals surface area contributed by atoms with Crippen molar-refractivity contribution in [3.63, 3.8) is 0 Å². The second-order valence-corrected chi connectivity index (χ2v) is 12.9. The number of amides is 2. The summed E-state index contributed by atoms with van der Waals surface area (Å²) in [5, 5.41) is 0. The molecule has 0 heterocycles. The van der Waals surface area contributed by atoms with Crippen LogP contribution in [0.3, 0.4) is 0 Å². The van der Waals surface area contributed by atoms with Crippen molar-refractivity contribution in [1.82, 2.24) is 9.80 Å². The van der Waals surface area contributed by atoms with Crippen LogP contribution in [-0.2, 0) is 9.59 Å². The lowest BCUT2D eigenvalue weighted by molar-refractivity contribution is -0.141. The van der Waals surface area contributed by atoms with Gasteiger partial charge in [0, 0.05) is 37.0 Å². The third-order valence-corrected chi connectivity index (χ3v) is 7.26. The first kappa shape index (κ1) is 34.9. The molecular weight excluding hydrogens is 444 g/mol. The van der Waals surface area contributed by atoms with Gasteiger partial charge in [-0.3, -0.25) is 9.59 Å². The van der Waals surface area contributed by atoms with Gasteiger partial charge >= 0.3 is 0 Å². The van der Waals surface area contributed by atoms with E-state index in [0.717, 1.165) is 25.7 Å². The molecule has 4 nitrogen and oxygen atoms in total. The maximum Gasteiger partial charge on any atom is 0.223 e. The Labute approximate surface area is 226 Å². The Kier molecular flexibility index (Phi) is 19.4. The molecule has 0 saturated heterocycles. The van der Waals surface area contributed by atoms with Crippen LogP contribution >= 0.6 is 0 Å². The zero-order valence-electron chi connectivity index (χ0n) is 25.9. The Morgan fingerprint density at radius 1 is 0.444 bits per heavy atom. The van der Waals surface area contributed by atoms with E-state index >= 15 is 0 Å². The summed E-state index contributed by atoms with van der Waals surface area (Å²) in [6.07, 6.45) is 21.1. The van der Waals surface area contributed by atoms with E-state index in [1.807, 2.05) is 9.80 Å². The molecule has 0 unspecified atom stereocenters. The number of unbranched alkanes of at least 4 members (excludes halogenated alkanes) is 14. The number of carbonyl (C=O) groups excluding carboxylic acids is 2. The normalized spacial score (nSPS) is 12.1. The van der Waals surface area contributed by atoms with Crippen molar-refractivity contribution in [2.45, 2.75) is 182 Å². The Hall–Kier alpha value is -1.06. The van der Waals surface area contributed by atoms with Gasteiger partial charge in [0.15, 0.2) is 0 Å². The van der Waals surface area contributed by atoms with E-state index in [9.17, 15) is 9.59 Å². The van der Waals surface area contributed by atoms with Gasteiger partial charge < -0.3 is 9.80 Å². The smallest absolute Gasteiger partial charge is 0.223 e. The van der Waals surface area contributed by atoms with Crippen molar-refractivity contribution < 1.29 is 9.59 Å². The average molecular weight is 509 g/mol. The minimum Gasteiger partial charge on any atom is -0.336 e. The van der Waals surface area contributed by atoms with Gasteiger partial charge in [0.1, 0.15) is 0 Å². The van der Waals surface area contributed by atoms with E-state index < -0.39 is 0 Å². The van der Waals surface area contributed by atoms with Gasteiger partial charge in [-0.2, -0.15) is 0 Å². The molecule has 0 N–H and O–H groups in total. The van der Waals surface area contributed by atoms with E-state index in [2.05, 4.69) is 55.4 Å². The fraction of sp³-hybridized carbons (Fsp3) is 0.938. The van der Waals surface area contributed by atoms with Crippen molar-refractivity contribution in [1.29, 1.82) is 0 Å². The van der Waals surface area contributed by atoms with Crippen molar-refractivity contribution in [2.24, 2.45) is 0 Å². The van der Waals surface area contributed by atoms with Crippen molar-refractivity contribution in [3.05, 3.63) is 0 Å². The minimum atomic E-state index is -0.235. The summed E-state index contributed by atoms with van der Waals surface area (Å²) in [5.41, 5.74) is -0.469. The molecule has 0 aromatic heterocycles. The second-order valence-electron chi connectivity index (χ2n) is 12.9. The van der Waals surface area contributed by atoms with Gasteiger partial charge in [0.2, 0.25) is 11.8 Å². The third kappa shape index (κ3) is 17.4. The second kappa shape index (κ2) is 20.0. The van der Waals surface area contributed by atoms with Crippen LogP contribution in [0.2, 0.25) is 0 Å². The van der Waals surface area contributed by atoms with Crippen LogP contribution < -0.4 is 0 Å². The van der Waals surface area contributed by atoms with Crippen LogP contribution in [0.25, 0.3) is 0 Å². The van der Waals surface area contributed by atoms with Gasteiger partial charge in [0.25, 0.3) is 0 Å². The van der Waals surface area contributed by atoms with Crippen LogP contribution in [0.1, 0.15) is 171 Å². The first-order valence-electron chi connectivity index (χ1n) is 15.6. The SMILES string of the molecule is CCCCCCCCCCC(=O)N(CCN(C(=O)CCCCCCCCCC)C(C)(C)C)C(C)(C)C. The summed E-state index contributed by atoms with van der Waals surface area (Å²) in [6, 6.07) is 0. The summed E-state index contributed by atoms with van der Waals surface area (Å²) < 4.78 is 0. The lowest BCUT2D eigenvalue weighted by Crippen LogP contribution is -2.53. The molecule has 0 rings (SSSR count). The molecule has 214 valence electrons. The largest absolute Gasteiger partial charge is 0.336 e. The molecule has 2 amide bonds. The van der Waals surface area contributed by atoms with Crippen molar-refractivity contribution >= 4 is 11.8 Å².